The molecule has 94 valence electrons. The van der Waals surface area contributed by atoms with Crippen LogP contribution in [-0.4, -0.2) is 9.38 Å². The second-order valence-electron chi connectivity index (χ2n) is 4.32. The molecule has 0 aliphatic rings. The van der Waals surface area contributed by atoms with Crippen LogP contribution in [-0.2, 0) is 13.1 Å². The highest BCUT2D eigenvalue weighted by molar-refractivity contribution is 7.15. The predicted molar refractivity (Wildman–Crippen MR) is 71.8 cm³/mol. The molecule has 5 heteroatoms. The lowest BCUT2D eigenvalue weighted by molar-refractivity contribution is 0.460. The van der Waals surface area contributed by atoms with Crippen LogP contribution < -0.4 is 5.32 Å². The van der Waals surface area contributed by atoms with E-state index >= 15 is 0 Å². The van der Waals surface area contributed by atoms with E-state index in [-0.39, 0.29) is 0 Å². The molecule has 0 spiro atoms. The Kier molecular flexibility index (Phi) is 2.93. The van der Waals surface area contributed by atoms with E-state index in [1.54, 1.807) is 11.3 Å². The topological polar surface area (TPSA) is 42.5 Å². The lowest BCUT2D eigenvalue weighted by Gasteiger charge is -2.03. The van der Waals surface area contributed by atoms with E-state index in [1.165, 1.54) is 5.69 Å². The van der Waals surface area contributed by atoms with Crippen LogP contribution >= 0.6 is 11.3 Å². The third kappa shape index (κ3) is 2.07. The molecule has 0 bridgehead atoms. The van der Waals surface area contributed by atoms with Gasteiger partial charge in [0.15, 0.2) is 4.96 Å². The smallest absolute Gasteiger partial charge is 0.194 e. The molecular weight excluding hydrogens is 246 g/mol. The lowest BCUT2D eigenvalue weighted by atomic mass is 10.3. The second-order valence-corrected chi connectivity index (χ2v) is 5.19. The minimum absolute atomic E-state index is 0.741. The Hall–Kier alpha value is -1.59. The quantitative estimate of drug-likeness (QED) is 0.785. The molecule has 0 fully saturated rings. The fraction of sp³-hybridized carbons (Fsp3) is 0.308. The first-order valence-electron chi connectivity index (χ1n) is 5.91. The molecule has 3 aromatic rings. The molecule has 0 saturated carbocycles. The van der Waals surface area contributed by atoms with Gasteiger partial charge in [-0.25, -0.2) is 4.98 Å². The number of nitrogens with one attached hydrogen (secondary N) is 1. The molecule has 0 aromatic carbocycles. The molecule has 1 N–H and O–H groups in total. The molecule has 0 aliphatic carbocycles. The molecule has 3 rings (SSSR count). The van der Waals surface area contributed by atoms with Crippen molar-refractivity contribution < 1.29 is 4.42 Å². The number of aromatic nitrogens is 2. The maximum atomic E-state index is 5.52. The monoisotopic (exact) mass is 261 g/mol. The summed E-state index contributed by atoms with van der Waals surface area (Å²) in [7, 11) is 0. The maximum Gasteiger partial charge on any atom is 0.194 e. The molecule has 3 aromatic heterocycles. The number of hydrogen-bond donors (Lipinski definition) is 1. The molecule has 0 amide bonds. The van der Waals surface area contributed by atoms with E-state index in [0.717, 1.165) is 35.3 Å². The number of hydrogen-bond acceptors (Lipinski definition) is 4. The Morgan fingerprint density at radius 2 is 2.22 bits per heavy atom. The SMILES string of the molecule is Cc1ccc(CNCc2c(C)nc3sccn23)o1. The summed E-state index contributed by atoms with van der Waals surface area (Å²) in [6.07, 6.45) is 2.06. The lowest BCUT2D eigenvalue weighted by Crippen LogP contribution is -2.14. The summed E-state index contributed by atoms with van der Waals surface area (Å²) in [6.45, 7) is 5.54. The molecule has 0 unspecified atom stereocenters. The zero-order valence-electron chi connectivity index (χ0n) is 10.4. The number of nitrogens with zero attached hydrogens (tertiary/aromatic N) is 2. The van der Waals surface area contributed by atoms with Crippen molar-refractivity contribution in [3.63, 3.8) is 0 Å². The maximum absolute atomic E-state index is 5.52. The van der Waals surface area contributed by atoms with Crippen molar-refractivity contribution in [3.05, 3.63) is 46.6 Å². The van der Waals surface area contributed by atoms with Crippen molar-refractivity contribution in [1.82, 2.24) is 14.7 Å². The van der Waals surface area contributed by atoms with Gasteiger partial charge in [0.05, 0.1) is 17.9 Å². The first-order chi connectivity index (χ1) is 8.74. The summed E-state index contributed by atoms with van der Waals surface area (Å²) in [5.74, 6) is 1.92. The van der Waals surface area contributed by atoms with E-state index in [4.69, 9.17) is 4.42 Å². The van der Waals surface area contributed by atoms with Gasteiger partial charge in [0.2, 0.25) is 0 Å². The molecular formula is C13H15N3OS. The van der Waals surface area contributed by atoms with E-state index in [1.807, 2.05) is 26.0 Å². The normalized spacial score (nSPS) is 11.4. The van der Waals surface area contributed by atoms with E-state index < -0.39 is 0 Å². The van der Waals surface area contributed by atoms with Gasteiger partial charge in [0.25, 0.3) is 0 Å². The summed E-state index contributed by atoms with van der Waals surface area (Å²) in [5.41, 5.74) is 2.31. The van der Waals surface area contributed by atoms with Crippen molar-refractivity contribution in [2.45, 2.75) is 26.9 Å². The van der Waals surface area contributed by atoms with Gasteiger partial charge in [0, 0.05) is 18.1 Å². The third-order valence-corrected chi connectivity index (χ3v) is 3.71. The number of aryl methyl sites for hydroxylation is 2. The Bertz CT molecular complexity index is 665. The largest absolute Gasteiger partial charge is 0.465 e. The van der Waals surface area contributed by atoms with Crippen molar-refractivity contribution in [2.75, 3.05) is 0 Å². The van der Waals surface area contributed by atoms with E-state index in [2.05, 4.69) is 26.3 Å². The first kappa shape index (κ1) is 11.5. The summed E-state index contributed by atoms with van der Waals surface area (Å²) in [5, 5.41) is 5.45. The third-order valence-electron chi connectivity index (χ3n) is 2.95. The van der Waals surface area contributed by atoms with Gasteiger partial charge in [0.1, 0.15) is 11.5 Å². The number of imidazole rings is 1. The van der Waals surface area contributed by atoms with Gasteiger partial charge in [-0.2, -0.15) is 0 Å². The van der Waals surface area contributed by atoms with Gasteiger partial charge < -0.3 is 9.73 Å². The molecule has 0 radical (unpaired) electrons. The number of fused-ring (bicyclic) bond motifs is 1. The Labute approximate surface area is 109 Å². The van der Waals surface area contributed by atoms with E-state index in [9.17, 15) is 0 Å². The molecule has 0 aliphatic heterocycles. The fourth-order valence-electron chi connectivity index (χ4n) is 2.04. The van der Waals surface area contributed by atoms with Crippen LogP contribution in [0.1, 0.15) is 22.9 Å². The Morgan fingerprint density at radius 1 is 1.33 bits per heavy atom. The van der Waals surface area contributed by atoms with Crippen LogP contribution in [0.15, 0.2) is 28.1 Å². The van der Waals surface area contributed by atoms with Crippen LogP contribution in [0.3, 0.4) is 0 Å². The summed E-state index contributed by atoms with van der Waals surface area (Å²) in [4.78, 5) is 5.57. The highest BCUT2D eigenvalue weighted by Gasteiger charge is 2.09. The molecule has 18 heavy (non-hydrogen) atoms. The van der Waals surface area contributed by atoms with Gasteiger partial charge in [-0.05, 0) is 26.0 Å². The zero-order valence-corrected chi connectivity index (χ0v) is 11.3. The van der Waals surface area contributed by atoms with Crippen LogP contribution in [0.25, 0.3) is 4.96 Å². The molecule has 0 saturated heterocycles. The average Bonchev–Trinajstić information content (AvgIpc) is 2.99. The van der Waals surface area contributed by atoms with Gasteiger partial charge >= 0.3 is 0 Å². The number of rotatable bonds is 4. The summed E-state index contributed by atoms with van der Waals surface area (Å²) in [6, 6.07) is 3.99. The predicted octanol–water partition coefficient (Wildman–Crippen LogP) is 2.90. The average molecular weight is 261 g/mol. The van der Waals surface area contributed by atoms with Crippen LogP contribution in [0.5, 0.6) is 0 Å². The van der Waals surface area contributed by atoms with Crippen LogP contribution in [0.2, 0.25) is 0 Å². The fourth-order valence-corrected chi connectivity index (χ4v) is 2.82. The Morgan fingerprint density at radius 3 is 3.00 bits per heavy atom. The van der Waals surface area contributed by atoms with Crippen molar-refractivity contribution in [2.24, 2.45) is 0 Å². The van der Waals surface area contributed by atoms with Gasteiger partial charge in [-0.15, -0.1) is 11.3 Å². The van der Waals surface area contributed by atoms with Crippen molar-refractivity contribution in [1.29, 1.82) is 0 Å². The summed E-state index contributed by atoms with van der Waals surface area (Å²) < 4.78 is 7.66. The molecule has 4 nitrogen and oxygen atoms in total. The molecule has 3 heterocycles. The van der Waals surface area contributed by atoms with Crippen molar-refractivity contribution >= 4 is 16.3 Å². The highest BCUT2D eigenvalue weighted by atomic mass is 32.1. The van der Waals surface area contributed by atoms with Gasteiger partial charge in [-0.3, -0.25) is 4.40 Å². The Balaban J connectivity index is 1.69. The minimum atomic E-state index is 0.741. The summed E-state index contributed by atoms with van der Waals surface area (Å²) >= 11 is 1.66. The van der Waals surface area contributed by atoms with Crippen LogP contribution in [0.4, 0.5) is 0 Å². The second kappa shape index (κ2) is 4.59. The minimum Gasteiger partial charge on any atom is -0.465 e. The zero-order chi connectivity index (χ0) is 12.5. The first-order valence-corrected chi connectivity index (χ1v) is 6.79. The van der Waals surface area contributed by atoms with Crippen LogP contribution in [0, 0.1) is 13.8 Å². The standard InChI is InChI=1S/C13H15N3OS/c1-9-3-4-11(17-9)7-14-8-12-10(2)15-13-16(12)5-6-18-13/h3-6,14H,7-8H2,1-2H3. The van der Waals surface area contributed by atoms with Crippen molar-refractivity contribution in [3.8, 4) is 0 Å². The van der Waals surface area contributed by atoms with Gasteiger partial charge in [-0.1, -0.05) is 0 Å². The highest BCUT2D eigenvalue weighted by Crippen LogP contribution is 2.16. The number of thiazole rings is 1. The molecule has 0 atom stereocenters. The number of furan rings is 1. The van der Waals surface area contributed by atoms with E-state index in [0.29, 0.717) is 0 Å².